The van der Waals surface area contributed by atoms with Crippen LogP contribution in [0.4, 0.5) is 0 Å². The fourth-order valence-corrected chi connectivity index (χ4v) is 1.50. The molecular weight excluding hydrogens is 242 g/mol. The Kier molecular flexibility index (Phi) is 4.90. The number of hydroxylamine groups is 2. The molecule has 0 amide bonds. The number of hydrogen-bond donors (Lipinski definition) is 3. The molecule has 18 heavy (non-hydrogen) atoms. The number of rotatable bonds is 6. The highest BCUT2D eigenvalue weighted by molar-refractivity contribution is 5.73. The van der Waals surface area contributed by atoms with Crippen LogP contribution in [0.1, 0.15) is 5.56 Å². The monoisotopic (exact) mass is 257 g/mol. The molecule has 3 N–H and O–H groups in total. The molecule has 0 aromatic heterocycles. The van der Waals surface area contributed by atoms with Gasteiger partial charge in [-0.3, -0.25) is 14.5 Å². The van der Waals surface area contributed by atoms with E-state index in [0.717, 1.165) is 5.23 Å². The van der Waals surface area contributed by atoms with Gasteiger partial charge in [-0.2, -0.15) is 0 Å². The van der Waals surface area contributed by atoms with Gasteiger partial charge in [0.25, 0.3) is 0 Å². The van der Waals surface area contributed by atoms with Crippen molar-refractivity contribution in [2.24, 2.45) is 0 Å². The quantitative estimate of drug-likeness (QED) is 0.504. The van der Waals surface area contributed by atoms with Crippen molar-refractivity contribution in [3.05, 3.63) is 23.8 Å². The van der Waals surface area contributed by atoms with Crippen molar-refractivity contribution >= 4 is 5.97 Å². The second-order valence-corrected chi connectivity index (χ2v) is 3.53. The van der Waals surface area contributed by atoms with Gasteiger partial charge in [-0.15, -0.1) is 0 Å². The van der Waals surface area contributed by atoms with Gasteiger partial charge < -0.3 is 15.3 Å². The lowest BCUT2D eigenvalue weighted by Crippen LogP contribution is -2.41. The number of aromatic hydroxyl groups is 2. The maximum atomic E-state index is 11.1. The number of phenols is 2. The van der Waals surface area contributed by atoms with Gasteiger partial charge in [-0.05, 0) is 17.7 Å². The Hall–Kier alpha value is -1.83. The van der Waals surface area contributed by atoms with Gasteiger partial charge in [0.15, 0.2) is 17.5 Å². The van der Waals surface area contributed by atoms with Gasteiger partial charge in [-0.1, -0.05) is 11.3 Å². The fraction of sp³-hybridized carbons (Fsp3) is 0.364. The van der Waals surface area contributed by atoms with Crippen LogP contribution in [-0.4, -0.2) is 46.8 Å². The zero-order valence-corrected chi connectivity index (χ0v) is 10.0. The summed E-state index contributed by atoms with van der Waals surface area (Å²) >= 11 is 0. The van der Waals surface area contributed by atoms with Gasteiger partial charge in [0.2, 0.25) is 0 Å². The summed E-state index contributed by atoms with van der Waals surface area (Å²) in [7, 11) is 2.57. The molecule has 0 unspecified atom stereocenters. The van der Waals surface area contributed by atoms with Gasteiger partial charge in [-0.25, -0.2) is 0 Å². The summed E-state index contributed by atoms with van der Waals surface area (Å²) in [5, 5.41) is 28.4. The molecule has 100 valence electrons. The molecule has 7 heteroatoms. The number of nitrogens with zero attached hydrogens (tertiary/aromatic N) is 1. The van der Waals surface area contributed by atoms with E-state index in [1.54, 1.807) is 0 Å². The Morgan fingerprint density at radius 3 is 2.33 bits per heavy atom. The number of benzene rings is 1. The molecule has 0 saturated carbocycles. The molecule has 0 spiro atoms. The van der Waals surface area contributed by atoms with Crippen molar-refractivity contribution in [1.29, 1.82) is 0 Å². The van der Waals surface area contributed by atoms with Crippen LogP contribution in [0.5, 0.6) is 11.5 Å². The number of carboxylic acids is 1. The van der Waals surface area contributed by atoms with Crippen molar-refractivity contribution in [1.82, 2.24) is 5.23 Å². The number of carboxylic acid groups (broad SMARTS) is 1. The van der Waals surface area contributed by atoms with Crippen LogP contribution >= 0.6 is 0 Å². The lowest BCUT2D eigenvalue weighted by atomic mass is 10.1. The largest absolute Gasteiger partial charge is 0.504 e. The van der Waals surface area contributed by atoms with Crippen LogP contribution in [0.25, 0.3) is 0 Å². The molecule has 1 aromatic carbocycles. The van der Waals surface area contributed by atoms with E-state index in [-0.39, 0.29) is 17.9 Å². The average Bonchev–Trinajstić information content (AvgIpc) is 2.33. The third-order valence-electron chi connectivity index (χ3n) is 2.37. The van der Waals surface area contributed by atoms with Crippen molar-refractivity contribution in [3.8, 4) is 11.5 Å². The highest BCUT2D eigenvalue weighted by Crippen LogP contribution is 2.25. The van der Waals surface area contributed by atoms with Crippen molar-refractivity contribution in [2.45, 2.75) is 12.5 Å². The van der Waals surface area contributed by atoms with Crippen LogP contribution < -0.4 is 0 Å². The van der Waals surface area contributed by atoms with E-state index in [0.29, 0.717) is 5.56 Å². The molecule has 0 saturated heterocycles. The molecule has 0 fully saturated rings. The summed E-state index contributed by atoms with van der Waals surface area (Å²) < 4.78 is 0. The molecule has 0 aliphatic rings. The van der Waals surface area contributed by atoms with Crippen molar-refractivity contribution in [2.75, 3.05) is 14.2 Å². The van der Waals surface area contributed by atoms with E-state index in [1.807, 2.05) is 0 Å². The summed E-state index contributed by atoms with van der Waals surface area (Å²) in [6.45, 7) is 0. The summed E-state index contributed by atoms with van der Waals surface area (Å²) in [6.07, 6.45) is 0.0465. The number of hydrogen-bond acceptors (Lipinski definition) is 6. The summed E-state index contributed by atoms with van der Waals surface area (Å²) in [5.41, 5.74) is 0.525. The third-order valence-corrected chi connectivity index (χ3v) is 2.37. The molecule has 1 aromatic rings. The minimum atomic E-state index is -1.13. The molecule has 0 radical (unpaired) electrons. The minimum Gasteiger partial charge on any atom is -0.504 e. The highest BCUT2D eigenvalue weighted by atomic mass is 16.9. The summed E-state index contributed by atoms with van der Waals surface area (Å²) in [6, 6.07) is 3.01. The third kappa shape index (κ3) is 3.33. The van der Waals surface area contributed by atoms with Crippen molar-refractivity contribution in [3.63, 3.8) is 0 Å². The number of carbonyl (C=O) groups is 1. The highest BCUT2D eigenvalue weighted by Gasteiger charge is 2.27. The Morgan fingerprint density at radius 1 is 1.28 bits per heavy atom. The zero-order chi connectivity index (χ0) is 13.7. The molecule has 7 nitrogen and oxygen atoms in total. The molecule has 1 atom stereocenters. The van der Waals surface area contributed by atoms with Crippen LogP contribution in [0.15, 0.2) is 18.2 Å². The maximum Gasteiger partial charge on any atom is 0.326 e. The maximum absolute atomic E-state index is 11.1. The first-order valence-corrected chi connectivity index (χ1v) is 5.10. The molecule has 1 rings (SSSR count). The van der Waals surface area contributed by atoms with E-state index in [4.69, 9.17) is 19.9 Å². The smallest absolute Gasteiger partial charge is 0.326 e. The van der Waals surface area contributed by atoms with Crippen LogP contribution in [0, 0.1) is 0 Å². The SMILES string of the molecule is CON(OC)[C@@H](Cc1ccc(O)c(O)c1)C(=O)O. The first-order valence-electron chi connectivity index (χ1n) is 5.10. The Bertz CT molecular complexity index is 418. The van der Waals surface area contributed by atoms with E-state index in [1.165, 1.54) is 32.4 Å². The summed E-state index contributed by atoms with van der Waals surface area (Å²) in [4.78, 5) is 20.6. The van der Waals surface area contributed by atoms with Crippen LogP contribution in [-0.2, 0) is 20.9 Å². The zero-order valence-electron chi connectivity index (χ0n) is 10.0. The van der Waals surface area contributed by atoms with E-state index in [9.17, 15) is 9.90 Å². The topological polar surface area (TPSA) is 99.5 Å². The lowest BCUT2D eigenvalue weighted by molar-refractivity contribution is -0.359. The van der Waals surface area contributed by atoms with Crippen LogP contribution in [0.3, 0.4) is 0 Å². The van der Waals surface area contributed by atoms with Gasteiger partial charge in [0.05, 0.1) is 14.2 Å². The molecule has 0 aliphatic carbocycles. The lowest BCUT2D eigenvalue weighted by Gasteiger charge is -2.23. The van der Waals surface area contributed by atoms with Crippen molar-refractivity contribution < 1.29 is 29.8 Å². The van der Waals surface area contributed by atoms with Crippen LogP contribution in [0.2, 0.25) is 0 Å². The normalized spacial score (nSPS) is 12.6. The van der Waals surface area contributed by atoms with Gasteiger partial charge in [0, 0.05) is 6.42 Å². The molecule has 0 bridgehead atoms. The Morgan fingerprint density at radius 2 is 1.89 bits per heavy atom. The van der Waals surface area contributed by atoms with E-state index in [2.05, 4.69) is 0 Å². The Balaban J connectivity index is 2.89. The number of aliphatic carboxylic acids is 1. The first-order chi connectivity index (χ1) is 8.49. The molecule has 0 heterocycles. The van der Waals surface area contributed by atoms with E-state index < -0.39 is 12.0 Å². The molecular formula is C11H15NO6. The van der Waals surface area contributed by atoms with Gasteiger partial charge in [0.1, 0.15) is 0 Å². The summed E-state index contributed by atoms with van der Waals surface area (Å²) in [5.74, 6) is -1.70. The van der Waals surface area contributed by atoms with Gasteiger partial charge >= 0.3 is 5.97 Å². The first kappa shape index (κ1) is 14.2. The predicted octanol–water partition coefficient (Wildman–Crippen LogP) is 0.518. The average molecular weight is 257 g/mol. The second kappa shape index (κ2) is 6.20. The standard InChI is InChI=1S/C11H15NO6/c1-17-12(18-2)8(11(15)16)5-7-3-4-9(13)10(14)6-7/h3-4,6,8,13-14H,5H2,1-2H3,(H,15,16)/t8-/m0/s1. The minimum absolute atomic E-state index is 0.0465. The second-order valence-electron chi connectivity index (χ2n) is 3.53. The molecule has 0 aliphatic heterocycles. The number of phenolic OH excluding ortho intramolecular Hbond substituents is 2. The predicted molar refractivity (Wildman–Crippen MR) is 60.8 cm³/mol. The van der Waals surface area contributed by atoms with E-state index >= 15 is 0 Å². The Labute approximate surface area is 104 Å². The fourth-order valence-electron chi connectivity index (χ4n) is 1.50.